The Morgan fingerprint density at radius 1 is 1.20 bits per heavy atom. The van der Waals surface area contributed by atoms with E-state index in [0.717, 1.165) is 55.8 Å². The van der Waals surface area contributed by atoms with Gasteiger partial charge in [-0.2, -0.15) is 0 Å². The van der Waals surface area contributed by atoms with Gasteiger partial charge in [-0.05, 0) is 19.1 Å². The van der Waals surface area contributed by atoms with E-state index in [1.165, 1.54) is 5.69 Å². The zero-order valence-corrected chi connectivity index (χ0v) is 18.0. The molecule has 1 aromatic carbocycles. The Bertz CT molecular complexity index is 665. The number of rotatable bonds is 4. The molecule has 0 spiro atoms. The molecular weight excluding hydrogens is 445 g/mol. The fourth-order valence-electron chi connectivity index (χ4n) is 2.97. The number of hydrogen-bond donors (Lipinski definition) is 1. The number of hydrogen-bond acceptors (Lipinski definition) is 4. The summed E-state index contributed by atoms with van der Waals surface area (Å²) in [4.78, 5) is 13.7. The molecule has 5 nitrogen and oxygen atoms in total. The number of piperazine rings is 1. The Labute approximate surface area is 171 Å². The van der Waals surface area contributed by atoms with Crippen molar-refractivity contribution in [1.82, 2.24) is 15.2 Å². The van der Waals surface area contributed by atoms with Crippen molar-refractivity contribution >= 4 is 47.0 Å². The summed E-state index contributed by atoms with van der Waals surface area (Å²) >= 11 is 1.71. The van der Waals surface area contributed by atoms with E-state index < -0.39 is 0 Å². The Morgan fingerprint density at radius 3 is 2.52 bits per heavy atom. The van der Waals surface area contributed by atoms with Gasteiger partial charge in [-0.25, -0.2) is 4.98 Å². The van der Waals surface area contributed by atoms with Gasteiger partial charge in [0.15, 0.2) is 5.96 Å². The number of benzene rings is 1. The van der Waals surface area contributed by atoms with Crippen molar-refractivity contribution in [2.75, 3.05) is 44.7 Å². The second kappa shape index (κ2) is 9.96. The molecule has 1 N–H and O–H groups in total. The fourth-order valence-corrected chi connectivity index (χ4v) is 3.62. The summed E-state index contributed by atoms with van der Waals surface area (Å²) in [5.74, 6) is 0.995. The van der Waals surface area contributed by atoms with Crippen LogP contribution in [0.5, 0.6) is 0 Å². The van der Waals surface area contributed by atoms with Crippen LogP contribution < -0.4 is 10.2 Å². The predicted octanol–water partition coefficient (Wildman–Crippen LogP) is 3.01. The highest BCUT2D eigenvalue weighted by molar-refractivity contribution is 14.0. The first-order valence-electron chi connectivity index (χ1n) is 8.43. The monoisotopic (exact) mass is 471 g/mol. The summed E-state index contributed by atoms with van der Waals surface area (Å²) < 4.78 is 0. The number of anilines is 1. The molecule has 1 aromatic heterocycles. The first-order valence-corrected chi connectivity index (χ1v) is 9.31. The zero-order chi connectivity index (χ0) is 16.8. The lowest BCUT2D eigenvalue weighted by molar-refractivity contribution is 0.373. The average molecular weight is 471 g/mol. The van der Waals surface area contributed by atoms with Gasteiger partial charge in [-0.1, -0.05) is 18.2 Å². The molecule has 25 heavy (non-hydrogen) atoms. The highest BCUT2D eigenvalue weighted by atomic mass is 127. The van der Waals surface area contributed by atoms with Crippen molar-refractivity contribution in [3.8, 4) is 0 Å². The number of nitrogens with zero attached hydrogens (tertiary/aromatic N) is 4. The van der Waals surface area contributed by atoms with Crippen molar-refractivity contribution in [3.05, 3.63) is 46.4 Å². The topological polar surface area (TPSA) is 43.8 Å². The molecule has 0 bridgehead atoms. The minimum absolute atomic E-state index is 0. The third-order valence-corrected chi connectivity index (χ3v) is 5.07. The third-order valence-electron chi connectivity index (χ3n) is 4.24. The van der Waals surface area contributed by atoms with Crippen LogP contribution >= 0.6 is 35.3 Å². The van der Waals surface area contributed by atoms with E-state index in [0.29, 0.717) is 0 Å². The normalized spacial score (nSPS) is 15.0. The van der Waals surface area contributed by atoms with Crippen LogP contribution in [-0.2, 0) is 6.42 Å². The van der Waals surface area contributed by atoms with Crippen LogP contribution in [0.15, 0.2) is 40.7 Å². The van der Waals surface area contributed by atoms with Gasteiger partial charge in [-0.3, -0.25) is 4.99 Å². The van der Waals surface area contributed by atoms with Crippen molar-refractivity contribution in [1.29, 1.82) is 0 Å². The Kier molecular flexibility index (Phi) is 7.95. The summed E-state index contributed by atoms with van der Waals surface area (Å²) in [6, 6.07) is 10.6. The predicted molar refractivity (Wildman–Crippen MR) is 118 cm³/mol. The molecule has 1 aliphatic rings. The van der Waals surface area contributed by atoms with E-state index in [-0.39, 0.29) is 24.0 Å². The first kappa shape index (κ1) is 20.0. The van der Waals surface area contributed by atoms with Gasteiger partial charge >= 0.3 is 0 Å². The minimum atomic E-state index is 0. The lowest BCUT2D eigenvalue weighted by atomic mass is 10.2. The maximum atomic E-state index is 4.51. The maximum Gasteiger partial charge on any atom is 0.193 e. The molecule has 1 aliphatic heterocycles. The molecule has 0 radical (unpaired) electrons. The molecule has 1 saturated heterocycles. The van der Waals surface area contributed by atoms with Gasteiger partial charge in [-0.15, -0.1) is 35.3 Å². The van der Waals surface area contributed by atoms with Crippen LogP contribution in [0.4, 0.5) is 5.69 Å². The average Bonchev–Trinajstić information content (AvgIpc) is 3.05. The number of nitrogens with one attached hydrogen (secondary N) is 1. The van der Waals surface area contributed by atoms with E-state index in [1.54, 1.807) is 11.3 Å². The molecule has 0 unspecified atom stereocenters. The minimum Gasteiger partial charge on any atom is -0.368 e. The highest BCUT2D eigenvalue weighted by Gasteiger charge is 2.19. The zero-order valence-electron chi connectivity index (χ0n) is 14.8. The molecule has 0 amide bonds. The van der Waals surface area contributed by atoms with Gasteiger partial charge in [0.2, 0.25) is 0 Å². The standard InChI is InChI=1S/C18H25N5S.HI/c1-15-21-16(14-24-15)8-9-20-18(19-2)23-12-10-22(11-13-23)17-6-4-3-5-7-17;/h3-7,14H,8-13H2,1-2H3,(H,19,20);1H. The quantitative estimate of drug-likeness (QED) is 0.423. The molecule has 0 aliphatic carbocycles. The molecule has 3 rings (SSSR count). The Balaban J connectivity index is 0.00000225. The van der Waals surface area contributed by atoms with Gasteiger partial charge in [0.25, 0.3) is 0 Å². The highest BCUT2D eigenvalue weighted by Crippen LogP contribution is 2.15. The molecule has 0 saturated carbocycles. The molecule has 1 fully saturated rings. The van der Waals surface area contributed by atoms with Crippen LogP contribution in [0.3, 0.4) is 0 Å². The molecule has 2 aromatic rings. The van der Waals surface area contributed by atoms with Gasteiger partial charge in [0.1, 0.15) is 0 Å². The lowest BCUT2D eigenvalue weighted by Gasteiger charge is -2.37. The van der Waals surface area contributed by atoms with E-state index >= 15 is 0 Å². The van der Waals surface area contributed by atoms with Gasteiger partial charge < -0.3 is 15.1 Å². The summed E-state index contributed by atoms with van der Waals surface area (Å²) in [6.07, 6.45) is 0.938. The Morgan fingerprint density at radius 2 is 1.92 bits per heavy atom. The summed E-state index contributed by atoms with van der Waals surface area (Å²) in [7, 11) is 1.86. The van der Waals surface area contributed by atoms with E-state index in [2.05, 4.69) is 60.8 Å². The van der Waals surface area contributed by atoms with E-state index in [1.807, 2.05) is 14.0 Å². The number of aryl methyl sites for hydroxylation is 1. The maximum absolute atomic E-state index is 4.51. The SMILES string of the molecule is CN=C(NCCc1csc(C)n1)N1CCN(c2ccccc2)CC1.I. The van der Waals surface area contributed by atoms with Crippen LogP contribution in [0.1, 0.15) is 10.7 Å². The van der Waals surface area contributed by atoms with Crippen molar-refractivity contribution in [3.63, 3.8) is 0 Å². The summed E-state index contributed by atoms with van der Waals surface area (Å²) in [6.45, 7) is 6.95. The van der Waals surface area contributed by atoms with E-state index in [9.17, 15) is 0 Å². The van der Waals surface area contributed by atoms with Gasteiger partial charge in [0.05, 0.1) is 10.7 Å². The fraction of sp³-hybridized carbons (Fsp3) is 0.444. The Hall–Kier alpha value is -1.35. The number of aliphatic imine (C=N–C) groups is 1. The summed E-state index contributed by atoms with van der Waals surface area (Å²) in [5, 5.41) is 6.74. The molecule has 0 atom stereocenters. The van der Waals surface area contributed by atoms with Gasteiger partial charge in [0, 0.05) is 57.3 Å². The first-order chi connectivity index (χ1) is 11.8. The molecule has 7 heteroatoms. The van der Waals surface area contributed by atoms with Crippen molar-refractivity contribution < 1.29 is 0 Å². The van der Waals surface area contributed by atoms with Crippen LogP contribution in [-0.4, -0.2) is 55.6 Å². The largest absolute Gasteiger partial charge is 0.368 e. The second-order valence-electron chi connectivity index (χ2n) is 5.89. The number of aromatic nitrogens is 1. The molecule has 2 heterocycles. The molecule has 136 valence electrons. The second-order valence-corrected chi connectivity index (χ2v) is 6.95. The van der Waals surface area contributed by atoms with Crippen LogP contribution in [0.2, 0.25) is 0 Å². The smallest absolute Gasteiger partial charge is 0.193 e. The van der Waals surface area contributed by atoms with E-state index in [4.69, 9.17) is 0 Å². The lowest BCUT2D eigenvalue weighted by Crippen LogP contribution is -2.52. The van der Waals surface area contributed by atoms with Crippen molar-refractivity contribution in [2.45, 2.75) is 13.3 Å². The third kappa shape index (κ3) is 5.57. The number of halogens is 1. The summed E-state index contributed by atoms with van der Waals surface area (Å²) in [5.41, 5.74) is 2.47. The number of thiazole rings is 1. The van der Waals surface area contributed by atoms with Crippen LogP contribution in [0, 0.1) is 6.92 Å². The van der Waals surface area contributed by atoms with Crippen LogP contribution in [0.25, 0.3) is 0 Å². The molecular formula is C18H26IN5S. The number of guanidine groups is 1. The number of para-hydroxylation sites is 1. The van der Waals surface area contributed by atoms with Crippen molar-refractivity contribution in [2.24, 2.45) is 4.99 Å².